The molecule has 1 nitrogen and oxygen atoms in total. The molecule has 0 aromatic heterocycles. The molecule has 0 aromatic carbocycles. The molecule has 3 heterocycles. The number of hydrogen-bond acceptors (Lipinski definition) is 1. The van der Waals surface area contributed by atoms with Crippen LogP contribution in [0.15, 0.2) is 0 Å². The number of fused-ring (bicyclic) bond motifs is 6. The van der Waals surface area contributed by atoms with Crippen LogP contribution in [0.4, 0.5) is 0 Å². The fraction of sp³-hybridized carbons (Fsp3) is 1.00. The molecule has 3 aliphatic rings. The zero-order chi connectivity index (χ0) is 7.52. The van der Waals surface area contributed by atoms with E-state index in [4.69, 9.17) is 0 Å². The largest absolute Gasteiger partial charge is 0.303 e. The summed E-state index contributed by atoms with van der Waals surface area (Å²) in [5.41, 5.74) is 0. The molecule has 0 N–H and O–H groups in total. The van der Waals surface area contributed by atoms with Crippen LogP contribution in [0.3, 0.4) is 0 Å². The van der Waals surface area contributed by atoms with Crippen molar-refractivity contribution in [1.29, 1.82) is 0 Å². The predicted octanol–water partition coefficient (Wildman–Crippen LogP) is 1.98. The summed E-state index contributed by atoms with van der Waals surface area (Å²) in [5, 5.41) is 0. The van der Waals surface area contributed by atoms with E-state index < -0.39 is 0 Å². The van der Waals surface area contributed by atoms with Crippen molar-refractivity contribution < 1.29 is 0 Å². The van der Waals surface area contributed by atoms with Gasteiger partial charge in [-0.05, 0) is 38.9 Å². The maximum atomic E-state index is 2.66. The lowest BCUT2D eigenvalue weighted by molar-refractivity contribution is 0.265. The first-order valence-electron chi connectivity index (χ1n) is 5.17. The van der Waals surface area contributed by atoms with E-state index in [9.17, 15) is 0 Å². The summed E-state index contributed by atoms with van der Waals surface area (Å²) in [4.78, 5) is 2.66. The average molecular weight is 151 g/mol. The number of nitrogens with zero attached hydrogens (tertiary/aromatic N) is 1. The Bertz CT molecular complexity index is 91.0. The second kappa shape index (κ2) is 3.62. The quantitative estimate of drug-likeness (QED) is 0.478. The van der Waals surface area contributed by atoms with Crippen LogP contribution in [-0.2, 0) is 0 Å². The first-order chi connectivity index (χ1) is 5.45. The molecule has 0 amide bonds. The van der Waals surface area contributed by atoms with Crippen molar-refractivity contribution in [3.05, 3.63) is 0 Å². The molecule has 0 saturated carbocycles. The van der Waals surface area contributed by atoms with Crippen molar-refractivity contribution in [2.24, 2.45) is 0 Å². The van der Waals surface area contributed by atoms with E-state index in [0.717, 1.165) is 6.71 Å². The Labute approximate surface area is 70.2 Å². The van der Waals surface area contributed by atoms with Gasteiger partial charge in [0.1, 0.15) is 6.71 Å². The lowest BCUT2D eigenvalue weighted by Crippen LogP contribution is -2.34. The van der Waals surface area contributed by atoms with Gasteiger partial charge in [-0.2, -0.15) is 0 Å². The van der Waals surface area contributed by atoms with Gasteiger partial charge in [0.15, 0.2) is 0 Å². The molecule has 0 atom stereocenters. The number of rotatable bonds is 0. The lowest BCUT2D eigenvalue weighted by atomic mass is 9.40. The van der Waals surface area contributed by atoms with Gasteiger partial charge in [-0.25, -0.2) is 0 Å². The van der Waals surface area contributed by atoms with Crippen LogP contribution < -0.4 is 0 Å². The normalized spacial score (nSPS) is 27.8. The summed E-state index contributed by atoms with van der Waals surface area (Å²) >= 11 is 0. The first kappa shape index (κ1) is 7.66. The van der Waals surface area contributed by atoms with Crippen LogP contribution in [0.2, 0.25) is 19.0 Å². The second-order valence-electron chi connectivity index (χ2n) is 4.13. The van der Waals surface area contributed by atoms with Gasteiger partial charge in [-0.1, -0.05) is 19.0 Å². The van der Waals surface area contributed by atoms with Crippen molar-refractivity contribution >= 4 is 6.71 Å². The minimum absolute atomic E-state index is 1.09. The van der Waals surface area contributed by atoms with E-state index in [2.05, 4.69) is 4.90 Å². The lowest BCUT2D eigenvalue weighted by Gasteiger charge is -2.30. The Balaban J connectivity index is 1.96. The van der Waals surface area contributed by atoms with Crippen LogP contribution >= 0.6 is 0 Å². The van der Waals surface area contributed by atoms with Crippen molar-refractivity contribution in [2.75, 3.05) is 19.6 Å². The molecule has 0 aromatic rings. The van der Waals surface area contributed by atoms with Gasteiger partial charge >= 0.3 is 0 Å². The minimum Gasteiger partial charge on any atom is -0.303 e. The molecule has 11 heavy (non-hydrogen) atoms. The Morgan fingerprint density at radius 2 is 1.18 bits per heavy atom. The van der Waals surface area contributed by atoms with Crippen molar-refractivity contribution in [2.45, 2.75) is 38.2 Å². The van der Waals surface area contributed by atoms with Crippen LogP contribution in [0, 0.1) is 0 Å². The summed E-state index contributed by atoms with van der Waals surface area (Å²) in [6.45, 7) is 5.25. The third kappa shape index (κ3) is 1.99. The minimum atomic E-state index is 1.09. The zero-order valence-corrected chi connectivity index (χ0v) is 7.39. The van der Waals surface area contributed by atoms with Gasteiger partial charge in [0, 0.05) is 0 Å². The molecule has 0 spiro atoms. The molecule has 3 aliphatic heterocycles. The Hall–Kier alpha value is 0.0249. The molecular weight excluding hydrogens is 133 g/mol. The number of hydrogen-bond donors (Lipinski definition) is 0. The average Bonchev–Trinajstić information content (AvgIpc) is 1.80. The van der Waals surface area contributed by atoms with Crippen LogP contribution in [0.5, 0.6) is 0 Å². The topological polar surface area (TPSA) is 3.24 Å². The van der Waals surface area contributed by atoms with Gasteiger partial charge in [-0.3, -0.25) is 0 Å². The molecule has 3 saturated heterocycles. The second-order valence-corrected chi connectivity index (χ2v) is 4.13. The summed E-state index contributed by atoms with van der Waals surface area (Å²) < 4.78 is 0. The third-order valence-electron chi connectivity index (χ3n) is 3.26. The maximum absolute atomic E-state index is 2.66. The van der Waals surface area contributed by atoms with Gasteiger partial charge in [0.05, 0.1) is 0 Å². The first-order valence-corrected chi connectivity index (χ1v) is 5.17. The molecule has 0 radical (unpaired) electrons. The molecule has 0 aliphatic carbocycles. The highest BCUT2D eigenvalue weighted by Gasteiger charge is 2.20. The standard InChI is InChI=1S/C9H18BN/c1-4-10-5-2-8-11(7-1)9-3-6-10/h1-9H2. The van der Waals surface area contributed by atoms with Gasteiger partial charge in [-0.15, -0.1) is 0 Å². The Kier molecular flexibility index (Phi) is 2.52. The van der Waals surface area contributed by atoms with Gasteiger partial charge in [0.2, 0.25) is 0 Å². The molecular formula is C9H18BN. The fourth-order valence-electron chi connectivity index (χ4n) is 2.58. The van der Waals surface area contributed by atoms with E-state index >= 15 is 0 Å². The fourth-order valence-corrected chi connectivity index (χ4v) is 2.58. The van der Waals surface area contributed by atoms with Gasteiger partial charge in [0.25, 0.3) is 0 Å². The van der Waals surface area contributed by atoms with E-state index in [1.165, 1.54) is 57.9 Å². The SMILES string of the molecule is C1CB2CCCN(C1)CCC2. The van der Waals surface area contributed by atoms with E-state index in [1.807, 2.05) is 0 Å². The molecule has 3 rings (SSSR count). The monoisotopic (exact) mass is 151 g/mol. The van der Waals surface area contributed by atoms with Crippen molar-refractivity contribution in [3.63, 3.8) is 0 Å². The van der Waals surface area contributed by atoms with E-state index in [-0.39, 0.29) is 0 Å². The Morgan fingerprint density at radius 3 is 1.64 bits per heavy atom. The highest BCUT2D eigenvalue weighted by molar-refractivity contribution is 6.58. The van der Waals surface area contributed by atoms with E-state index in [0.29, 0.717) is 0 Å². The zero-order valence-electron chi connectivity index (χ0n) is 7.39. The molecule has 3 fully saturated rings. The van der Waals surface area contributed by atoms with Gasteiger partial charge < -0.3 is 4.90 Å². The highest BCUT2D eigenvalue weighted by atomic mass is 15.1. The Morgan fingerprint density at radius 1 is 0.727 bits per heavy atom. The summed E-state index contributed by atoms with van der Waals surface area (Å²) in [6, 6.07) is 0. The third-order valence-corrected chi connectivity index (χ3v) is 3.26. The molecule has 2 heteroatoms. The summed E-state index contributed by atoms with van der Waals surface area (Å²) in [5.74, 6) is 0. The summed E-state index contributed by atoms with van der Waals surface area (Å²) in [6.07, 6.45) is 8.92. The van der Waals surface area contributed by atoms with E-state index in [1.54, 1.807) is 0 Å². The highest BCUT2D eigenvalue weighted by Crippen LogP contribution is 2.20. The van der Waals surface area contributed by atoms with Crippen LogP contribution in [0.25, 0.3) is 0 Å². The van der Waals surface area contributed by atoms with Crippen LogP contribution in [0.1, 0.15) is 19.3 Å². The van der Waals surface area contributed by atoms with Crippen molar-refractivity contribution in [1.82, 2.24) is 4.90 Å². The van der Waals surface area contributed by atoms with Crippen molar-refractivity contribution in [3.8, 4) is 0 Å². The predicted molar refractivity (Wildman–Crippen MR) is 50.5 cm³/mol. The molecule has 62 valence electrons. The molecule has 0 unspecified atom stereocenters. The molecule has 2 bridgehead atoms. The maximum Gasteiger partial charge on any atom is 0.140 e. The smallest absolute Gasteiger partial charge is 0.140 e. The summed E-state index contributed by atoms with van der Waals surface area (Å²) in [7, 11) is 0. The van der Waals surface area contributed by atoms with Crippen LogP contribution in [-0.4, -0.2) is 31.2 Å².